The summed E-state index contributed by atoms with van der Waals surface area (Å²) in [6, 6.07) is -1.42. The number of nitrogens with one attached hydrogen (secondary N) is 2. The van der Waals surface area contributed by atoms with Gasteiger partial charge in [0.15, 0.2) is 0 Å². The molecule has 3 atom stereocenters. The van der Waals surface area contributed by atoms with Crippen molar-refractivity contribution in [2.24, 2.45) is 17.8 Å². The molecule has 256 valence electrons. The number of rotatable bonds is 7. The first kappa shape index (κ1) is 45.7. The Hall–Kier alpha value is -2.69. The smallest absolute Gasteiger partial charge is 0.328 e. The van der Waals surface area contributed by atoms with Crippen LogP contribution in [0.2, 0.25) is 0 Å². The lowest BCUT2D eigenvalue weighted by Crippen LogP contribution is -2.54. The van der Waals surface area contributed by atoms with Gasteiger partial charge in [0, 0.05) is 18.9 Å². The molecule has 2 heterocycles. The van der Waals surface area contributed by atoms with E-state index in [9.17, 15) is 19.2 Å². The first-order chi connectivity index (χ1) is 21.1. The first-order valence-corrected chi connectivity index (χ1v) is 17.2. The van der Waals surface area contributed by atoms with E-state index < -0.39 is 29.9 Å². The molecule has 2 aliphatic rings. The topological polar surface area (TPSA) is 131 Å². The Labute approximate surface area is 273 Å². The number of esters is 1. The summed E-state index contributed by atoms with van der Waals surface area (Å²) in [5.74, 6) is -0.886. The highest BCUT2D eigenvalue weighted by Crippen LogP contribution is 2.27. The number of ether oxygens (including phenoxy) is 1. The highest BCUT2D eigenvalue weighted by atomic mass is 32.1. The van der Waals surface area contributed by atoms with E-state index >= 15 is 0 Å². The number of likely N-dealkylation sites (tertiary alicyclic amines) is 1. The van der Waals surface area contributed by atoms with E-state index in [1.54, 1.807) is 6.26 Å². The maximum Gasteiger partial charge on any atom is 0.328 e. The fourth-order valence-electron chi connectivity index (χ4n) is 4.58. The van der Waals surface area contributed by atoms with Gasteiger partial charge in [-0.15, -0.1) is 0 Å². The normalized spacial score (nSPS) is 17.5. The summed E-state index contributed by atoms with van der Waals surface area (Å²) in [6.45, 7) is 20.6. The van der Waals surface area contributed by atoms with E-state index in [1.807, 2.05) is 48.5 Å². The zero-order chi connectivity index (χ0) is 34.7. The molecule has 1 saturated carbocycles. The fraction of sp³-hybridized carbons (Fsp3) is 0.758. The number of carbonyl (C=O) groups is 4. The van der Waals surface area contributed by atoms with Crippen LogP contribution >= 0.6 is 12.6 Å². The summed E-state index contributed by atoms with van der Waals surface area (Å²) >= 11 is 3.53. The molecule has 2 N–H and O–H groups in total. The number of methoxy groups -OCH3 is 1. The van der Waals surface area contributed by atoms with Gasteiger partial charge in [0.2, 0.25) is 11.8 Å². The maximum atomic E-state index is 13.0. The summed E-state index contributed by atoms with van der Waals surface area (Å²) in [6.07, 6.45) is 11.3. The van der Waals surface area contributed by atoms with Crippen molar-refractivity contribution in [2.45, 2.75) is 120 Å². The predicted molar refractivity (Wildman–Crippen MR) is 184 cm³/mol. The van der Waals surface area contributed by atoms with E-state index in [0.29, 0.717) is 13.0 Å². The van der Waals surface area contributed by atoms with Crippen molar-refractivity contribution in [1.29, 1.82) is 0 Å². The van der Waals surface area contributed by atoms with E-state index in [2.05, 4.69) is 54.0 Å². The van der Waals surface area contributed by atoms with Crippen molar-refractivity contribution in [2.75, 3.05) is 26.5 Å². The molecule has 1 aromatic rings. The summed E-state index contributed by atoms with van der Waals surface area (Å²) in [5.41, 5.74) is 0.129. The molecule has 2 fully saturated rings. The Morgan fingerprint density at radius 3 is 1.98 bits per heavy atom. The number of amides is 3. The van der Waals surface area contributed by atoms with Crippen molar-refractivity contribution < 1.29 is 23.9 Å². The lowest BCUT2D eigenvalue weighted by atomic mass is 9.83. The highest BCUT2D eigenvalue weighted by molar-refractivity contribution is 7.79. The number of carbonyl (C=O) groups excluding carboxylic acids is 4. The van der Waals surface area contributed by atoms with Crippen molar-refractivity contribution in [3.63, 3.8) is 0 Å². The third-order valence-electron chi connectivity index (χ3n) is 6.36. The number of hydrogen-bond acceptors (Lipinski definition) is 8. The molecule has 10 nitrogen and oxygen atoms in total. The Kier molecular flexibility index (Phi) is 30.2. The van der Waals surface area contributed by atoms with Crippen LogP contribution in [0, 0.1) is 17.8 Å². The van der Waals surface area contributed by atoms with E-state index in [-0.39, 0.29) is 30.0 Å². The van der Waals surface area contributed by atoms with Gasteiger partial charge in [0.05, 0.1) is 19.9 Å². The molecule has 0 radical (unpaired) electrons. The molecule has 1 aliphatic heterocycles. The quantitative estimate of drug-likeness (QED) is 0.247. The van der Waals surface area contributed by atoms with Crippen molar-refractivity contribution >= 4 is 36.3 Å². The van der Waals surface area contributed by atoms with Crippen LogP contribution in [0.1, 0.15) is 118 Å². The summed E-state index contributed by atoms with van der Waals surface area (Å²) in [5, 5.41) is 5.46. The van der Waals surface area contributed by atoms with E-state index in [4.69, 9.17) is 4.74 Å². The van der Waals surface area contributed by atoms with Gasteiger partial charge in [-0.05, 0) is 43.3 Å². The van der Waals surface area contributed by atoms with Crippen LogP contribution in [0.3, 0.4) is 0 Å². The lowest BCUT2D eigenvalue weighted by molar-refractivity contribution is -0.152. The van der Waals surface area contributed by atoms with Crippen molar-refractivity contribution in [3.8, 4) is 0 Å². The third kappa shape index (κ3) is 17.6. The van der Waals surface area contributed by atoms with E-state index in [1.165, 1.54) is 30.6 Å². The fourth-order valence-corrected chi connectivity index (χ4v) is 4.58. The van der Waals surface area contributed by atoms with Crippen LogP contribution < -0.4 is 10.6 Å². The lowest BCUT2D eigenvalue weighted by Gasteiger charge is -2.30. The second-order valence-corrected chi connectivity index (χ2v) is 10.2. The van der Waals surface area contributed by atoms with Crippen LogP contribution in [0.4, 0.5) is 0 Å². The number of nitrogens with zero attached hydrogens (tertiary/aromatic N) is 3. The summed E-state index contributed by atoms with van der Waals surface area (Å²) < 4.78 is 4.84. The molecular weight excluding hydrogens is 578 g/mol. The van der Waals surface area contributed by atoms with Gasteiger partial charge in [-0.1, -0.05) is 88.5 Å². The van der Waals surface area contributed by atoms with Gasteiger partial charge in [0.25, 0.3) is 5.91 Å². The molecule has 3 amide bonds. The monoisotopic (exact) mass is 641 g/mol. The Morgan fingerprint density at radius 1 is 0.955 bits per heavy atom. The van der Waals surface area contributed by atoms with E-state index in [0.717, 1.165) is 38.0 Å². The average Bonchev–Trinajstić information content (AvgIpc) is 3.47. The minimum atomic E-state index is -0.772. The summed E-state index contributed by atoms with van der Waals surface area (Å²) in [4.78, 5) is 59.9. The Morgan fingerprint density at radius 2 is 1.50 bits per heavy atom. The molecule has 1 saturated heterocycles. The Balaban J connectivity index is -0.00000123. The number of hydrogen-bond donors (Lipinski definition) is 3. The van der Waals surface area contributed by atoms with Crippen LogP contribution in [-0.2, 0) is 19.1 Å². The number of thiol groups is 1. The van der Waals surface area contributed by atoms with Crippen molar-refractivity contribution in [1.82, 2.24) is 25.5 Å². The maximum absolute atomic E-state index is 13.0. The first-order valence-electron chi connectivity index (χ1n) is 16.3. The second kappa shape index (κ2) is 29.0. The standard InChI is InChI=1S/C22H31N5O5.C4H10.3C2H6.CH4S/c1-14-8-11-27(19(14)22(31)32-2)17(28)13-25-21(30)18(15-6-4-3-5-7-15)26-20(29)16-12-23-9-10-24-16;1-4(2)3;4*1-2/h9-10,12,14-15,18-19H,3-8,11,13H2,1-2H3,(H,25,30)(H,26,29);4H,1-3H3;3*1-2H3;2H,1H3. The second-order valence-electron chi connectivity index (χ2n) is 10.2. The molecule has 44 heavy (non-hydrogen) atoms. The van der Waals surface area contributed by atoms with Gasteiger partial charge < -0.3 is 20.3 Å². The SMILES string of the molecule is CC.CC.CC.CC(C)C.COC(=O)C1C(C)CCN1C(=O)CNC(=O)C(NC(=O)c1cnccn1)C1CCCCC1.CS. The zero-order valence-corrected chi connectivity index (χ0v) is 30.5. The number of aromatic nitrogens is 2. The largest absolute Gasteiger partial charge is 0.467 e. The zero-order valence-electron chi connectivity index (χ0n) is 29.6. The van der Waals surface area contributed by atoms with Gasteiger partial charge in [-0.2, -0.15) is 12.6 Å². The van der Waals surface area contributed by atoms with Gasteiger partial charge in [-0.25, -0.2) is 9.78 Å². The average molecular weight is 642 g/mol. The molecule has 0 bridgehead atoms. The van der Waals surface area contributed by atoms with Gasteiger partial charge >= 0.3 is 5.97 Å². The Bertz CT molecular complexity index is 880. The molecule has 0 aromatic carbocycles. The molecule has 1 aliphatic carbocycles. The van der Waals surface area contributed by atoms with Crippen LogP contribution in [0.15, 0.2) is 18.6 Å². The predicted octanol–water partition coefficient (Wildman–Crippen LogP) is 5.97. The van der Waals surface area contributed by atoms with Crippen LogP contribution in [0.5, 0.6) is 0 Å². The molecule has 11 heteroatoms. The third-order valence-corrected chi connectivity index (χ3v) is 6.36. The molecule has 1 aromatic heterocycles. The summed E-state index contributed by atoms with van der Waals surface area (Å²) in [7, 11) is 1.30. The highest BCUT2D eigenvalue weighted by Gasteiger charge is 2.40. The minimum Gasteiger partial charge on any atom is -0.467 e. The molecule has 0 spiro atoms. The molecule has 3 unspecified atom stereocenters. The van der Waals surface area contributed by atoms with Crippen LogP contribution in [0.25, 0.3) is 0 Å². The molecular formula is C33H63N5O5S. The van der Waals surface area contributed by atoms with Crippen LogP contribution in [-0.4, -0.2) is 77.1 Å². The minimum absolute atomic E-state index is 0.0108. The molecule has 3 rings (SSSR count). The van der Waals surface area contributed by atoms with Gasteiger partial charge in [0.1, 0.15) is 17.8 Å². The van der Waals surface area contributed by atoms with Gasteiger partial charge in [-0.3, -0.25) is 19.4 Å². The van der Waals surface area contributed by atoms with Crippen molar-refractivity contribution in [3.05, 3.63) is 24.3 Å².